The Hall–Kier alpha value is -2.21. The normalized spacial score (nSPS) is 10.7. The van der Waals surface area contributed by atoms with Gasteiger partial charge in [-0.25, -0.2) is 4.39 Å². The van der Waals surface area contributed by atoms with E-state index in [2.05, 4.69) is 10.3 Å². The van der Waals surface area contributed by atoms with Crippen LogP contribution in [0, 0.1) is 5.82 Å². The van der Waals surface area contributed by atoms with Crippen molar-refractivity contribution in [3.8, 4) is 0 Å². The summed E-state index contributed by atoms with van der Waals surface area (Å²) in [4.78, 5) is 16.1. The molecule has 116 valence electrons. The van der Waals surface area contributed by atoms with Crippen LogP contribution in [-0.4, -0.2) is 11.7 Å². The van der Waals surface area contributed by atoms with E-state index in [1.54, 1.807) is 19.1 Å². The molecule has 0 aromatic heterocycles. The summed E-state index contributed by atoms with van der Waals surface area (Å²) in [5.41, 5.74) is 7.52. The zero-order valence-electron chi connectivity index (χ0n) is 12.0. The lowest BCUT2D eigenvalue weighted by molar-refractivity contribution is 0.102. The number of rotatable bonds is 4. The van der Waals surface area contributed by atoms with Gasteiger partial charge in [-0.3, -0.25) is 9.79 Å². The Kier molecular flexibility index (Phi) is 6.72. The first-order chi connectivity index (χ1) is 10.0. The highest BCUT2D eigenvalue weighted by atomic mass is 79.9. The third-order valence-electron chi connectivity index (χ3n) is 2.83. The second-order valence-corrected chi connectivity index (χ2v) is 4.62. The Labute approximate surface area is 139 Å². The van der Waals surface area contributed by atoms with Gasteiger partial charge in [0.05, 0.1) is 12.4 Å². The van der Waals surface area contributed by atoms with Gasteiger partial charge in [-0.2, -0.15) is 0 Å². The Morgan fingerprint density at radius 2 is 1.73 bits per heavy atom. The number of hydrogen-bond donors (Lipinski definition) is 2. The maximum absolute atomic E-state index is 12.8. The summed E-state index contributed by atoms with van der Waals surface area (Å²) in [5, 5.41) is 2.70. The molecule has 0 heterocycles. The highest BCUT2D eigenvalue weighted by Gasteiger charge is 2.06. The minimum atomic E-state index is -0.340. The SMILES string of the molecule is Br.CC(N)=NCc1ccc(C(=O)Nc2ccc(F)cc2)cc1. The smallest absolute Gasteiger partial charge is 0.255 e. The Bertz CT molecular complexity index is 650. The summed E-state index contributed by atoms with van der Waals surface area (Å²) >= 11 is 0. The lowest BCUT2D eigenvalue weighted by Gasteiger charge is -2.06. The number of nitrogens with one attached hydrogen (secondary N) is 1. The van der Waals surface area contributed by atoms with Crippen LogP contribution in [0.1, 0.15) is 22.8 Å². The van der Waals surface area contributed by atoms with Crippen molar-refractivity contribution >= 4 is 34.4 Å². The standard InChI is InChI=1S/C16H16FN3O.BrH/c1-11(18)19-10-12-2-4-13(5-3-12)16(21)20-15-8-6-14(17)7-9-15;/h2-9H,10H2,1H3,(H2,18,19)(H,20,21);1H. The van der Waals surface area contributed by atoms with Crippen LogP contribution in [0.15, 0.2) is 53.5 Å². The Morgan fingerprint density at radius 1 is 1.14 bits per heavy atom. The lowest BCUT2D eigenvalue weighted by Crippen LogP contribution is -2.11. The van der Waals surface area contributed by atoms with E-state index in [0.717, 1.165) is 5.56 Å². The highest BCUT2D eigenvalue weighted by Crippen LogP contribution is 2.11. The summed E-state index contributed by atoms with van der Waals surface area (Å²) < 4.78 is 12.8. The number of carbonyl (C=O) groups is 1. The van der Waals surface area contributed by atoms with Crippen LogP contribution in [0.3, 0.4) is 0 Å². The van der Waals surface area contributed by atoms with Gasteiger partial charge in [0.25, 0.3) is 5.91 Å². The molecule has 1 amide bonds. The first kappa shape index (κ1) is 17.8. The molecule has 0 aliphatic rings. The molecular formula is C16H17BrFN3O. The highest BCUT2D eigenvalue weighted by molar-refractivity contribution is 8.93. The van der Waals surface area contributed by atoms with E-state index < -0.39 is 0 Å². The van der Waals surface area contributed by atoms with E-state index in [4.69, 9.17) is 5.73 Å². The molecule has 0 radical (unpaired) electrons. The van der Waals surface area contributed by atoms with E-state index in [-0.39, 0.29) is 28.7 Å². The predicted molar refractivity (Wildman–Crippen MR) is 92.1 cm³/mol. The molecule has 2 aromatic rings. The molecule has 22 heavy (non-hydrogen) atoms. The number of benzene rings is 2. The molecular weight excluding hydrogens is 349 g/mol. The van der Waals surface area contributed by atoms with Crippen molar-refractivity contribution in [2.24, 2.45) is 10.7 Å². The van der Waals surface area contributed by atoms with Crippen molar-refractivity contribution in [2.75, 3.05) is 5.32 Å². The number of amidine groups is 1. The minimum Gasteiger partial charge on any atom is -0.388 e. The van der Waals surface area contributed by atoms with Gasteiger partial charge in [-0.1, -0.05) is 12.1 Å². The number of hydrogen-bond acceptors (Lipinski definition) is 2. The quantitative estimate of drug-likeness (QED) is 0.642. The molecule has 0 bridgehead atoms. The van der Waals surface area contributed by atoms with Crippen LogP contribution in [-0.2, 0) is 6.54 Å². The van der Waals surface area contributed by atoms with E-state index in [9.17, 15) is 9.18 Å². The summed E-state index contributed by atoms with van der Waals surface area (Å²) in [5.74, 6) is -0.0621. The molecule has 0 aliphatic carbocycles. The number of nitrogens with two attached hydrogens (primary N) is 1. The van der Waals surface area contributed by atoms with Crippen molar-refractivity contribution in [3.63, 3.8) is 0 Å². The molecule has 0 spiro atoms. The Morgan fingerprint density at radius 3 is 2.27 bits per heavy atom. The largest absolute Gasteiger partial charge is 0.388 e. The van der Waals surface area contributed by atoms with E-state index in [0.29, 0.717) is 23.6 Å². The van der Waals surface area contributed by atoms with Crippen molar-refractivity contribution in [1.29, 1.82) is 0 Å². The summed E-state index contributed by atoms with van der Waals surface area (Å²) in [6, 6.07) is 12.7. The summed E-state index contributed by atoms with van der Waals surface area (Å²) in [6.07, 6.45) is 0. The van der Waals surface area contributed by atoms with E-state index in [1.165, 1.54) is 24.3 Å². The zero-order chi connectivity index (χ0) is 15.2. The first-order valence-corrected chi connectivity index (χ1v) is 6.47. The number of amides is 1. The first-order valence-electron chi connectivity index (χ1n) is 6.47. The third kappa shape index (κ3) is 5.29. The summed E-state index contributed by atoms with van der Waals surface area (Å²) in [6.45, 7) is 2.21. The van der Waals surface area contributed by atoms with Gasteiger partial charge in [0.2, 0.25) is 0 Å². The predicted octanol–water partition coefficient (Wildman–Crippen LogP) is 3.53. The van der Waals surface area contributed by atoms with Crippen molar-refractivity contribution in [1.82, 2.24) is 0 Å². The van der Waals surface area contributed by atoms with Gasteiger partial charge in [0.15, 0.2) is 0 Å². The fourth-order valence-electron chi connectivity index (χ4n) is 1.71. The van der Waals surface area contributed by atoms with E-state index >= 15 is 0 Å². The zero-order valence-corrected chi connectivity index (χ0v) is 13.8. The fraction of sp³-hybridized carbons (Fsp3) is 0.125. The van der Waals surface area contributed by atoms with Crippen LogP contribution in [0.2, 0.25) is 0 Å². The average Bonchev–Trinajstić information content (AvgIpc) is 2.48. The van der Waals surface area contributed by atoms with Crippen molar-refractivity contribution in [3.05, 3.63) is 65.5 Å². The van der Waals surface area contributed by atoms with Crippen molar-refractivity contribution in [2.45, 2.75) is 13.5 Å². The number of carbonyl (C=O) groups excluding carboxylic acids is 1. The average molecular weight is 366 g/mol. The Balaban J connectivity index is 0.00000242. The number of anilines is 1. The van der Waals surface area contributed by atoms with E-state index in [1.807, 2.05) is 12.1 Å². The molecule has 0 atom stereocenters. The monoisotopic (exact) mass is 365 g/mol. The van der Waals surface area contributed by atoms with Gasteiger partial charge < -0.3 is 11.1 Å². The molecule has 0 fully saturated rings. The second kappa shape index (κ2) is 8.29. The molecule has 0 unspecified atom stereocenters. The second-order valence-electron chi connectivity index (χ2n) is 4.62. The summed E-state index contributed by atoms with van der Waals surface area (Å²) in [7, 11) is 0. The van der Waals surface area contributed by atoms with Gasteiger partial charge in [0.1, 0.15) is 5.82 Å². The molecule has 3 N–H and O–H groups in total. The number of nitrogens with zero attached hydrogens (tertiary/aromatic N) is 1. The topological polar surface area (TPSA) is 67.5 Å². The van der Waals surface area contributed by atoms with Gasteiger partial charge in [-0.05, 0) is 48.9 Å². The third-order valence-corrected chi connectivity index (χ3v) is 2.83. The molecule has 0 saturated heterocycles. The molecule has 0 aliphatic heterocycles. The van der Waals surface area contributed by atoms with Crippen molar-refractivity contribution < 1.29 is 9.18 Å². The van der Waals surface area contributed by atoms with Crippen LogP contribution in [0.25, 0.3) is 0 Å². The van der Waals surface area contributed by atoms with Gasteiger partial charge in [-0.15, -0.1) is 17.0 Å². The lowest BCUT2D eigenvalue weighted by atomic mass is 10.1. The van der Waals surface area contributed by atoms with Crippen LogP contribution >= 0.6 is 17.0 Å². The molecule has 2 aromatic carbocycles. The molecule has 0 saturated carbocycles. The fourth-order valence-corrected chi connectivity index (χ4v) is 1.71. The van der Waals surface area contributed by atoms with Gasteiger partial charge >= 0.3 is 0 Å². The molecule has 4 nitrogen and oxygen atoms in total. The molecule has 2 rings (SSSR count). The maximum atomic E-state index is 12.8. The molecule has 6 heteroatoms. The van der Waals surface area contributed by atoms with Crippen LogP contribution < -0.4 is 11.1 Å². The maximum Gasteiger partial charge on any atom is 0.255 e. The minimum absolute atomic E-state index is 0. The van der Waals surface area contributed by atoms with Gasteiger partial charge in [0, 0.05) is 11.3 Å². The van der Waals surface area contributed by atoms with Crippen LogP contribution in [0.4, 0.5) is 10.1 Å². The number of halogens is 2. The number of aliphatic imine (C=N–C) groups is 1. The van der Waals surface area contributed by atoms with Crippen LogP contribution in [0.5, 0.6) is 0 Å².